The third kappa shape index (κ3) is 5.20. The van der Waals surface area contributed by atoms with Crippen molar-refractivity contribution in [2.75, 3.05) is 32.8 Å². The number of sulfonamides is 1. The van der Waals surface area contributed by atoms with Crippen molar-refractivity contribution >= 4 is 27.6 Å². The summed E-state index contributed by atoms with van der Waals surface area (Å²) in [5.74, 6) is 0.322. The van der Waals surface area contributed by atoms with Gasteiger partial charge in [0.2, 0.25) is 15.9 Å². The molecule has 0 radical (unpaired) electrons. The van der Waals surface area contributed by atoms with Crippen LogP contribution in [0.5, 0.6) is 11.5 Å². The lowest BCUT2D eigenvalue weighted by molar-refractivity contribution is -0.141. The summed E-state index contributed by atoms with van der Waals surface area (Å²) in [4.78, 5) is 25.5. The molecule has 1 fully saturated rings. The summed E-state index contributed by atoms with van der Waals surface area (Å²) < 4.78 is 43.9. The number of nitrogens with zero attached hydrogens (tertiary/aromatic N) is 1. The zero-order valence-corrected chi connectivity index (χ0v) is 19.0. The molecule has 1 aliphatic heterocycles. The number of nitrogens with one attached hydrogen (secondary N) is 1. The van der Waals surface area contributed by atoms with Gasteiger partial charge >= 0.3 is 5.97 Å². The van der Waals surface area contributed by atoms with Gasteiger partial charge in [0.1, 0.15) is 0 Å². The number of methoxy groups -OCH3 is 3. The standard InChI is InChI=1S/C22H26N2O7S/c1-29-19-11-6-15(13-20(19)30-2)18(14-22(26)31-3)23-32(27,28)17-9-7-16(8-10-17)24-12-4-5-21(24)25/h6-11,13,18,23H,4-5,12,14H2,1-3H3/t18-/m1/s1. The molecule has 172 valence electrons. The maximum absolute atomic E-state index is 13.1. The molecular formula is C22H26N2O7S. The van der Waals surface area contributed by atoms with E-state index in [1.807, 2.05) is 0 Å². The number of benzene rings is 2. The summed E-state index contributed by atoms with van der Waals surface area (Å²) in [6, 6.07) is 10.1. The normalized spacial score (nSPS) is 14.8. The van der Waals surface area contributed by atoms with E-state index >= 15 is 0 Å². The maximum Gasteiger partial charge on any atom is 0.307 e. The van der Waals surface area contributed by atoms with E-state index in [0.29, 0.717) is 35.7 Å². The Balaban J connectivity index is 1.88. The van der Waals surface area contributed by atoms with E-state index in [1.54, 1.807) is 35.2 Å². The van der Waals surface area contributed by atoms with Gasteiger partial charge in [-0.05, 0) is 48.4 Å². The number of esters is 1. The minimum atomic E-state index is -3.98. The van der Waals surface area contributed by atoms with Crippen LogP contribution in [0, 0.1) is 0 Å². The van der Waals surface area contributed by atoms with Crippen molar-refractivity contribution in [3.05, 3.63) is 48.0 Å². The molecule has 0 aromatic heterocycles. The molecule has 9 nitrogen and oxygen atoms in total. The fourth-order valence-corrected chi connectivity index (χ4v) is 4.75. The Labute approximate surface area is 187 Å². The van der Waals surface area contributed by atoms with Gasteiger partial charge in [0, 0.05) is 18.7 Å². The molecule has 32 heavy (non-hydrogen) atoms. The van der Waals surface area contributed by atoms with Crippen molar-refractivity contribution in [3.63, 3.8) is 0 Å². The number of rotatable bonds is 9. The average Bonchev–Trinajstić information content (AvgIpc) is 3.23. The second kappa shape index (κ2) is 10.0. The lowest BCUT2D eigenvalue weighted by Crippen LogP contribution is -2.30. The Morgan fingerprint density at radius 3 is 2.31 bits per heavy atom. The van der Waals surface area contributed by atoms with E-state index < -0.39 is 22.0 Å². The Hall–Kier alpha value is -3.11. The van der Waals surface area contributed by atoms with Crippen molar-refractivity contribution in [1.82, 2.24) is 4.72 Å². The zero-order chi connectivity index (χ0) is 23.3. The Morgan fingerprint density at radius 2 is 1.75 bits per heavy atom. The monoisotopic (exact) mass is 462 g/mol. The van der Waals surface area contributed by atoms with Crippen molar-refractivity contribution in [2.45, 2.75) is 30.2 Å². The average molecular weight is 463 g/mol. The molecule has 0 spiro atoms. The molecule has 1 atom stereocenters. The van der Waals surface area contributed by atoms with Crippen molar-refractivity contribution in [2.24, 2.45) is 0 Å². The summed E-state index contributed by atoms with van der Waals surface area (Å²) in [7, 11) is 0.211. The first-order chi connectivity index (χ1) is 15.3. The first-order valence-corrected chi connectivity index (χ1v) is 11.5. The second-order valence-corrected chi connectivity index (χ2v) is 8.93. The van der Waals surface area contributed by atoms with Crippen LogP contribution in [0.25, 0.3) is 0 Å². The third-order valence-corrected chi connectivity index (χ3v) is 6.73. The van der Waals surface area contributed by atoms with Crippen LogP contribution in [-0.4, -0.2) is 48.2 Å². The number of hydrogen-bond acceptors (Lipinski definition) is 7. The van der Waals surface area contributed by atoms with Crippen molar-refractivity contribution in [1.29, 1.82) is 0 Å². The molecule has 2 aromatic carbocycles. The highest BCUT2D eigenvalue weighted by molar-refractivity contribution is 7.89. The fourth-order valence-electron chi connectivity index (χ4n) is 3.53. The summed E-state index contributed by atoms with van der Waals surface area (Å²) in [5.41, 5.74) is 1.16. The number of hydrogen-bond donors (Lipinski definition) is 1. The zero-order valence-electron chi connectivity index (χ0n) is 18.2. The molecule has 1 amide bonds. The molecular weight excluding hydrogens is 436 g/mol. The highest BCUT2D eigenvalue weighted by atomic mass is 32.2. The van der Waals surface area contributed by atoms with Gasteiger partial charge in [-0.15, -0.1) is 0 Å². The summed E-state index contributed by atoms with van der Waals surface area (Å²) >= 11 is 0. The first kappa shape index (κ1) is 23.6. The van der Waals surface area contributed by atoms with Gasteiger partial charge in [-0.2, -0.15) is 0 Å². The summed E-state index contributed by atoms with van der Waals surface area (Å²) in [6.45, 7) is 0.615. The predicted octanol–water partition coefficient (Wildman–Crippen LogP) is 2.41. The molecule has 1 saturated heterocycles. The largest absolute Gasteiger partial charge is 0.493 e. The van der Waals surface area contributed by atoms with Gasteiger partial charge in [-0.25, -0.2) is 13.1 Å². The molecule has 1 heterocycles. The lowest BCUT2D eigenvalue weighted by atomic mass is 10.0. The second-order valence-electron chi connectivity index (χ2n) is 7.21. The number of carbonyl (C=O) groups is 2. The Bertz CT molecular complexity index is 1080. The van der Waals surface area contributed by atoms with Crippen LogP contribution in [0.3, 0.4) is 0 Å². The van der Waals surface area contributed by atoms with Crippen LogP contribution in [0.2, 0.25) is 0 Å². The van der Waals surface area contributed by atoms with Gasteiger partial charge in [-0.1, -0.05) is 6.07 Å². The molecule has 3 rings (SSSR count). The van der Waals surface area contributed by atoms with E-state index in [4.69, 9.17) is 14.2 Å². The first-order valence-electron chi connectivity index (χ1n) is 10.0. The van der Waals surface area contributed by atoms with Crippen LogP contribution >= 0.6 is 0 Å². The molecule has 0 aliphatic carbocycles. The van der Waals surface area contributed by atoms with Crippen LogP contribution in [0.1, 0.15) is 30.9 Å². The molecule has 0 saturated carbocycles. The molecule has 1 N–H and O–H groups in total. The van der Waals surface area contributed by atoms with Gasteiger partial charge in [-0.3, -0.25) is 9.59 Å². The van der Waals surface area contributed by atoms with Gasteiger partial charge in [0.15, 0.2) is 11.5 Å². The van der Waals surface area contributed by atoms with Crippen molar-refractivity contribution in [3.8, 4) is 11.5 Å². The quantitative estimate of drug-likeness (QED) is 0.570. The third-order valence-electron chi connectivity index (χ3n) is 5.24. The minimum absolute atomic E-state index is 0.0169. The SMILES string of the molecule is COC(=O)C[C@@H](NS(=O)(=O)c1ccc(N2CCCC2=O)cc1)c1ccc(OC)c(OC)c1. The maximum atomic E-state index is 13.1. The van der Waals surface area contributed by atoms with Gasteiger partial charge in [0.05, 0.1) is 38.7 Å². The fraction of sp³-hybridized carbons (Fsp3) is 0.364. The number of anilines is 1. The van der Waals surface area contributed by atoms with Gasteiger partial charge in [0.25, 0.3) is 0 Å². The van der Waals surface area contributed by atoms with Crippen molar-refractivity contribution < 1.29 is 32.2 Å². The minimum Gasteiger partial charge on any atom is -0.493 e. The molecule has 10 heteroatoms. The number of amides is 1. The highest BCUT2D eigenvalue weighted by Gasteiger charge is 2.26. The van der Waals surface area contributed by atoms with Crippen LogP contribution in [-0.2, 0) is 24.3 Å². The molecule has 0 unspecified atom stereocenters. The smallest absolute Gasteiger partial charge is 0.307 e. The topological polar surface area (TPSA) is 111 Å². The Kier molecular flexibility index (Phi) is 7.37. The van der Waals surface area contributed by atoms with E-state index in [9.17, 15) is 18.0 Å². The highest BCUT2D eigenvalue weighted by Crippen LogP contribution is 2.32. The Morgan fingerprint density at radius 1 is 1.06 bits per heavy atom. The molecule has 2 aromatic rings. The van der Waals surface area contributed by atoms with E-state index in [1.165, 1.54) is 33.5 Å². The van der Waals surface area contributed by atoms with Crippen LogP contribution < -0.4 is 19.1 Å². The number of carbonyl (C=O) groups excluding carboxylic acids is 2. The lowest BCUT2D eigenvalue weighted by Gasteiger charge is -2.20. The van der Waals surface area contributed by atoms with E-state index in [0.717, 1.165) is 6.42 Å². The molecule has 0 bridgehead atoms. The van der Waals surface area contributed by atoms with Crippen LogP contribution in [0.4, 0.5) is 5.69 Å². The van der Waals surface area contributed by atoms with E-state index in [2.05, 4.69) is 4.72 Å². The summed E-state index contributed by atoms with van der Waals surface area (Å²) in [5, 5.41) is 0. The van der Waals surface area contributed by atoms with Crippen LogP contribution in [0.15, 0.2) is 47.4 Å². The van der Waals surface area contributed by atoms with E-state index in [-0.39, 0.29) is 17.2 Å². The number of ether oxygens (including phenoxy) is 3. The predicted molar refractivity (Wildman–Crippen MR) is 117 cm³/mol. The van der Waals surface area contributed by atoms with Gasteiger partial charge < -0.3 is 19.1 Å². The molecule has 1 aliphatic rings. The summed E-state index contributed by atoms with van der Waals surface area (Å²) in [6.07, 6.45) is 1.05.